The minimum Gasteiger partial charge on any atom is -0.492 e. The Balaban J connectivity index is 2.36. The summed E-state index contributed by atoms with van der Waals surface area (Å²) in [5.41, 5.74) is 1.04. The molecule has 1 heterocycles. The van der Waals surface area contributed by atoms with E-state index in [1.54, 1.807) is 24.4 Å². The summed E-state index contributed by atoms with van der Waals surface area (Å²) in [6.07, 6.45) is 3.27. The van der Waals surface area contributed by atoms with Gasteiger partial charge in [-0.2, -0.15) is 0 Å². The maximum Gasteiger partial charge on any atom is 0.175 e. The maximum atomic E-state index is 11.6. The number of benzene rings is 1. The molecule has 0 radical (unpaired) electrons. The fourth-order valence-electron chi connectivity index (χ4n) is 1.94. The molecule has 2 aromatic rings. The minimum absolute atomic E-state index is 0.174. The molecule has 0 aliphatic rings. The summed E-state index contributed by atoms with van der Waals surface area (Å²) >= 11 is 0. The van der Waals surface area contributed by atoms with Gasteiger partial charge in [-0.05, 0) is 30.7 Å². The van der Waals surface area contributed by atoms with Crippen LogP contribution in [0.25, 0.3) is 0 Å². The van der Waals surface area contributed by atoms with Gasteiger partial charge in [-0.25, -0.2) is 8.42 Å². The zero-order valence-electron chi connectivity index (χ0n) is 11.9. The van der Waals surface area contributed by atoms with Crippen LogP contribution in [-0.2, 0) is 9.84 Å². The minimum atomic E-state index is -3.31. The van der Waals surface area contributed by atoms with E-state index in [0.29, 0.717) is 23.5 Å². The van der Waals surface area contributed by atoms with Crippen molar-refractivity contribution < 1.29 is 18.3 Å². The van der Waals surface area contributed by atoms with Gasteiger partial charge in [-0.15, -0.1) is 0 Å². The molecule has 1 atom stereocenters. The van der Waals surface area contributed by atoms with Gasteiger partial charge in [0.25, 0.3) is 0 Å². The first-order chi connectivity index (χ1) is 9.91. The number of hydrogen-bond acceptors (Lipinski definition) is 5. The average molecular weight is 307 g/mol. The van der Waals surface area contributed by atoms with E-state index >= 15 is 0 Å². The van der Waals surface area contributed by atoms with Crippen molar-refractivity contribution in [3.05, 3.63) is 53.9 Å². The SMILES string of the molecule is CCOc1cncc(C(O)c2cccc(S(C)(=O)=O)c2)c1. The van der Waals surface area contributed by atoms with Crippen molar-refractivity contribution in [3.8, 4) is 5.75 Å². The predicted molar refractivity (Wildman–Crippen MR) is 79.0 cm³/mol. The summed E-state index contributed by atoms with van der Waals surface area (Å²) in [6.45, 7) is 2.36. The van der Waals surface area contributed by atoms with Gasteiger partial charge in [0, 0.05) is 18.0 Å². The van der Waals surface area contributed by atoms with E-state index in [1.165, 1.54) is 18.3 Å². The number of hydrogen-bond donors (Lipinski definition) is 1. The number of rotatable bonds is 5. The second-order valence-electron chi connectivity index (χ2n) is 4.63. The number of pyridine rings is 1. The smallest absolute Gasteiger partial charge is 0.175 e. The number of sulfone groups is 1. The number of aromatic nitrogens is 1. The lowest BCUT2D eigenvalue weighted by Gasteiger charge is -2.13. The molecule has 2 rings (SSSR count). The molecule has 1 aromatic heterocycles. The standard InChI is InChI=1S/C15H17NO4S/c1-3-20-13-7-12(9-16-10-13)15(17)11-5-4-6-14(8-11)21(2,18)19/h4-10,15,17H,3H2,1-2H3. The molecule has 0 aliphatic heterocycles. The lowest BCUT2D eigenvalue weighted by Crippen LogP contribution is -2.04. The number of aliphatic hydroxyl groups is 1. The fraction of sp³-hybridized carbons (Fsp3) is 0.267. The van der Waals surface area contributed by atoms with Crippen LogP contribution < -0.4 is 4.74 Å². The van der Waals surface area contributed by atoms with Crippen molar-refractivity contribution >= 4 is 9.84 Å². The van der Waals surface area contributed by atoms with E-state index < -0.39 is 15.9 Å². The van der Waals surface area contributed by atoms with Gasteiger partial charge in [-0.1, -0.05) is 12.1 Å². The Kier molecular flexibility index (Phi) is 4.59. The Morgan fingerprint density at radius 1 is 1.24 bits per heavy atom. The van der Waals surface area contributed by atoms with Gasteiger partial charge >= 0.3 is 0 Å². The van der Waals surface area contributed by atoms with Crippen LogP contribution in [0, 0.1) is 0 Å². The molecule has 1 aromatic carbocycles. The molecule has 0 saturated carbocycles. The van der Waals surface area contributed by atoms with E-state index in [0.717, 1.165) is 6.26 Å². The Labute approximate surface area is 124 Å². The van der Waals surface area contributed by atoms with Crippen molar-refractivity contribution in [3.63, 3.8) is 0 Å². The molecule has 5 nitrogen and oxygen atoms in total. The summed E-state index contributed by atoms with van der Waals surface area (Å²) < 4.78 is 28.5. The Morgan fingerprint density at radius 3 is 2.67 bits per heavy atom. The van der Waals surface area contributed by atoms with Crippen LogP contribution in [0.15, 0.2) is 47.6 Å². The molecular formula is C15H17NO4S. The highest BCUT2D eigenvalue weighted by atomic mass is 32.2. The third-order valence-electron chi connectivity index (χ3n) is 2.96. The topological polar surface area (TPSA) is 76.5 Å². The van der Waals surface area contributed by atoms with E-state index in [4.69, 9.17) is 4.74 Å². The van der Waals surface area contributed by atoms with Crippen molar-refractivity contribution in [2.45, 2.75) is 17.9 Å². The summed E-state index contributed by atoms with van der Waals surface area (Å²) in [5, 5.41) is 10.4. The Bertz CT molecular complexity index is 728. The quantitative estimate of drug-likeness (QED) is 0.914. The molecule has 1 unspecified atom stereocenters. The molecule has 1 N–H and O–H groups in total. The van der Waals surface area contributed by atoms with E-state index in [1.807, 2.05) is 6.92 Å². The second kappa shape index (κ2) is 6.24. The van der Waals surface area contributed by atoms with Crippen molar-refractivity contribution in [2.24, 2.45) is 0 Å². The highest BCUT2D eigenvalue weighted by molar-refractivity contribution is 7.90. The van der Waals surface area contributed by atoms with Crippen LogP contribution in [0.5, 0.6) is 5.75 Å². The summed E-state index contributed by atoms with van der Waals surface area (Å²) in [7, 11) is -3.31. The predicted octanol–water partition coefficient (Wildman–Crippen LogP) is 1.97. The van der Waals surface area contributed by atoms with Crippen LogP contribution >= 0.6 is 0 Å². The fourth-order valence-corrected chi connectivity index (χ4v) is 2.61. The van der Waals surface area contributed by atoms with Gasteiger partial charge in [0.15, 0.2) is 9.84 Å². The monoisotopic (exact) mass is 307 g/mol. The third-order valence-corrected chi connectivity index (χ3v) is 4.07. The number of aliphatic hydroxyl groups excluding tert-OH is 1. The zero-order valence-corrected chi connectivity index (χ0v) is 12.7. The third kappa shape index (κ3) is 3.80. The summed E-state index contributed by atoms with van der Waals surface area (Å²) in [4.78, 5) is 4.19. The van der Waals surface area contributed by atoms with Gasteiger partial charge in [0.05, 0.1) is 17.7 Å². The number of nitrogens with zero attached hydrogens (tertiary/aromatic N) is 1. The zero-order chi connectivity index (χ0) is 15.5. The van der Waals surface area contributed by atoms with Crippen molar-refractivity contribution in [1.29, 1.82) is 0 Å². The van der Waals surface area contributed by atoms with Crippen LogP contribution in [0.4, 0.5) is 0 Å². The molecule has 0 bridgehead atoms. The van der Waals surface area contributed by atoms with Crippen LogP contribution in [0.1, 0.15) is 24.2 Å². The highest BCUT2D eigenvalue weighted by Crippen LogP contribution is 2.25. The van der Waals surface area contributed by atoms with E-state index in [2.05, 4.69) is 4.98 Å². The first-order valence-electron chi connectivity index (χ1n) is 6.47. The lowest BCUT2D eigenvalue weighted by atomic mass is 10.0. The first kappa shape index (κ1) is 15.5. The normalized spacial score (nSPS) is 12.9. The second-order valence-corrected chi connectivity index (χ2v) is 6.65. The molecule has 6 heteroatoms. The molecule has 0 amide bonds. The van der Waals surface area contributed by atoms with E-state index in [-0.39, 0.29) is 4.90 Å². The van der Waals surface area contributed by atoms with Gasteiger partial charge in [0.1, 0.15) is 11.9 Å². The molecule has 112 valence electrons. The summed E-state index contributed by atoms with van der Waals surface area (Å²) in [5.74, 6) is 0.563. The molecule has 0 aliphatic carbocycles. The molecule has 21 heavy (non-hydrogen) atoms. The van der Waals surface area contributed by atoms with Crippen LogP contribution in [0.3, 0.4) is 0 Å². The van der Waals surface area contributed by atoms with Crippen molar-refractivity contribution in [2.75, 3.05) is 12.9 Å². The molecule has 0 fully saturated rings. The Hall–Kier alpha value is -1.92. The summed E-state index contributed by atoms with van der Waals surface area (Å²) in [6, 6.07) is 7.93. The highest BCUT2D eigenvalue weighted by Gasteiger charge is 2.15. The number of ether oxygens (including phenoxy) is 1. The van der Waals surface area contributed by atoms with Gasteiger partial charge in [-0.3, -0.25) is 4.98 Å². The van der Waals surface area contributed by atoms with Gasteiger partial charge in [0.2, 0.25) is 0 Å². The van der Waals surface area contributed by atoms with Crippen molar-refractivity contribution in [1.82, 2.24) is 4.98 Å². The van der Waals surface area contributed by atoms with Gasteiger partial charge < -0.3 is 9.84 Å². The first-order valence-corrected chi connectivity index (χ1v) is 8.37. The average Bonchev–Trinajstić information content (AvgIpc) is 2.46. The lowest BCUT2D eigenvalue weighted by molar-refractivity contribution is 0.218. The van der Waals surface area contributed by atoms with Crippen LogP contribution in [0.2, 0.25) is 0 Å². The molecule has 0 saturated heterocycles. The maximum absolute atomic E-state index is 11.6. The Morgan fingerprint density at radius 2 is 2.00 bits per heavy atom. The molecular weight excluding hydrogens is 290 g/mol. The molecule has 0 spiro atoms. The van der Waals surface area contributed by atoms with Crippen LogP contribution in [-0.4, -0.2) is 31.4 Å². The van der Waals surface area contributed by atoms with E-state index in [9.17, 15) is 13.5 Å². The largest absolute Gasteiger partial charge is 0.492 e.